The molecule has 15 heavy (non-hydrogen) atoms. The minimum atomic E-state index is 0.732. The molecule has 1 N–H and O–H groups in total. The predicted molar refractivity (Wildman–Crippen MR) is 73.1 cm³/mol. The van der Waals surface area contributed by atoms with Gasteiger partial charge in [0.15, 0.2) is 0 Å². The number of hydrogen-bond acceptors (Lipinski definition) is 1. The summed E-state index contributed by atoms with van der Waals surface area (Å²) >= 11 is 2.45. The molecule has 0 aliphatic heterocycles. The van der Waals surface area contributed by atoms with Gasteiger partial charge < -0.3 is 5.32 Å². The SMILES string of the molecule is CCNC1CC(c2ccccc2I)C1C. The van der Waals surface area contributed by atoms with Crippen LogP contribution in [0.1, 0.15) is 31.7 Å². The molecule has 3 atom stereocenters. The summed E-state index contributed by atoms with van der Waals surface area (Å²) in [7, 11) is 0. The highest BCUT2D eigenvalue weighted by Crippen LogP contribution is 2.43. The Morgan fingerprint density at radius 3 is 2.73 bits per heavy atom. The largest absolute Gasteiger partial charge is 0.314 e. The Morgan fingerprint density at radius 1 is 1.40 bits per heavy atom. The van der Waals surface area contributed by atoms with Crippen LogP contribution in [0.4, 0.5) is 0 Å². The molecule has 1 nitrogen and oxygen atoms in total. The molecule has 0 radical (unpaired) electrons. The molecule has 1 aliphatic rings. The van der Waals surface area contributed by atoms with Gasteiger partial charge >= 0.3 is 0 Å². The van der Waals surface area contributed by atoms with Crippen molar-refractivity contribution in [2.75, 3.05) is 6.54 Å². The zero-order valence-electron chi connectivity index (χ0n) is 9.33. The van der Waals surface area contributed by atoms with Crippen LogP contribution >= 0.6 is 22.6 Å². The first-order valence-corrected chi connectivity index (χ1v) is 6.79. The maximum absolute atomic E-state index is 3.55. The first kappa shape index (κ1) is 11.4. The van der Waals surface area contributed by atoms with Crippen LogP contribution in [0.5, 0.6) is 0 Å². The van der Waals surface area contributed by atoms with Crippen LogP contribution < -0.4 is 5.32 Å². The molecule has 82 valence electrons. The first-order valence-electron chi connectivity index (χ1n) is 5.71. The van der Waals surface area contributed by atoms with Crippen LogP contribution in [0.25, 0.3) is 0 Å². The molecule has 0 spiro atoms. The second-order valence-electron chi connectivity index (χ2n) is 4.39. The van der Waals surface area contributed by atoms with E-state index in [0.29, 0.717) is 0 Å². The third-order valence-electron chi connectivity index (χ3n) is 3.55. The molecule has 0 amide bonds. The number of nitrogens with one attached hydrogen (secondary N) is 1. The summed E-state index contributed by atoms with van der Waals surface area (Å²) in [5, 5.41) is 3.55. The minimum absolute atomic E-state index is 0.732. The van der Waals surface area contributed by atoms with E-state index in [1.165, 1.54) is 9.99 Å². The Kier molecular flexibility index (Phi) is 3.67. The average Bonchev–Trinajstić information content (AvgIpc) is 2.25. The third-order valence-corrected chi connectivity index (χ3v) is 4.53. The van der Waals surface area contributed by atoms with Gasteiger partial charge in [0.05, 0.1) is 0 Å². The highest BCUT2D eigenvalue weighted by Gasteiger charge is 2.38. The van der Waals surface area contributed by atoms with Gasteiger partial charge in [-0.15, -0.1) is 0 Å². The Labute approximate surface area is 106 Å². The summed E-state index contributed by atoms with van der Waals surface area (Å²) in [6, 6.07) is 9.51. The molecule has 1 aromatic rings. The van der Waals surface area contributed by atoms with Crippen molar-refractivity contribution < 1.29 is 0 Å². The van der Waals surface area contributed by atoms with Gasteiger partial charge in [0, 0.05) is 9.61 Å². The number of rotatable bonds is 3. The predicted octanol–water partition coefficient (Wildman–Crippen LogP) is 3.39. The molecule has 0 aromatic heterocycles. The van der Waals surface area contributed by atoms with Gasteiger partial charge in [-0.2, -0.15) is 0 Å². The number of benzene rings is 1. The summed E-state index contributed by atoms with van der Waals surface area (Å²) < 4.78 is 1.42. The van der Waals surface area contributed by atoms with E-state index in [1.807, 2.05) is 0 Å². The Bertz CT molecular complexity index is 337. The van der Waals surface area contributed by atoms with E-state index in [2.05, 4.69) is 66.0 Å². The van der Waals surface area contributed by atoms with Gasteiger partial charge in [-0.3, -0.25) is 0 Å². The van der Waals surface area contributed by atoms with Crippen molar-refractivity contribution in [3.05, 3.63) is 33.4 Å². The van der Waals surface area contributed by atoms with Gasteiger partial charge in [-0.05, 0) is 59.0 Å². The quantitative estimate of drug-likeness (QED) is 0.843. The molecule has 2 rings (SSSR count). The smallest absolute Gasteiger partial charge is 0.0165 e. The van der Waals surface area contributed by atoms with E-state index in [4.69, 9.17) is 0 Å². The monoisotopic (exact) mass is 315 g/mol. The Morgan fingerprint density at radius 2 is 2.13 bits per heavy atom. The van der Waals surface area contributed by atoms with Crippen LogP contribution in [0, 0.1) is 9.49 Å². The van der Waals surface area contributed by atoms with Crippen LogP contribution in [-0.4, -0.2) is 12.6 Å². The zero-order chi connectivity index (χ0) is 10.8. The lowest BCUT2D eigenvalue weighted by Crippen LogP contribution is -2.47. The number of halogens is 1. The van der Waals surface area contributed by atoms with Gasteiger partial charge in [-0.25, -0.2) is 0 Å². The highest BCUT2D eigenvalue weighted by atomic mass is 127. The van der Waals surface area contributed by atoms with Crippen molar-refractivity contribution in [3.8, 4) is 0 Å². The zero-order valence-corrected chi connectivity index (χ0v) is 11.5. The lowest BCUT2D eigenvalue weighted by atomic mass is 9.67. The van der Waals surface area contributed by atoms with Crippen molar-refractivity contribution in [1.82, 2.24) is 5.32 Å². The molecule has 1 aromatic carbocycles. The van der Waals surface area contributed by atoms with Gasteiger partial charge in [0.1, 0.15) is 0 Å². The van der Waals surface area contributed by atoms with Gasteiger partial charge in [0.2, 0.25) is 0 Å². The summed E-state index contributed by atoms with van der Waals surface area (Å²) in [5.41, 5.74) is 1.54. The normalized spacial score (nSPS) is 29.9. The van der Waals surface area contributed by atoms with E-state index >= 15 is 0 Å². The van der Waals surface area contributed by atoms with E-state index in [9.17, 15) is 0 Å². The van der Waals surface area contributed by atoms with Crippen molar-refractivity contribution in [2.45, 2.75) is 32.2 Å². The van der Waals surface area contributed by atoms with E-state index in [1.54, 1.807) is 5.56 Å². The molecule has 0 bridgehead atoms. The maximum Gasteiger partial charge on any atom is 0.0165 e. The first-order chi connectivity index (χ1) is 7.24. The summed E-state index contributed by atoms with van der Waals surface area (Å²) in [6.45, 7) is 5.64. The van der Waals surface area contributed by atoms with Crippen molar-refractivity contribution >= 4 is 22.6 Å². The molecule has 2 heteroatoms. The fourth-order valence-electron chi connectivity index (χ4n) is 2.50. The maximum atomic E-state index is 3.55. The second-order valence-corrected chi connectivity index (χ2v) is 5.55. The Hall–Kier alpha value is -0.0900. The molecule has 1 saturated carbocycles. The van der Waals surface area contributed by atoms with E-state index in [-0.39, 0.29) is 0 Å². The third kappa shape index (κ3) is 2.21. The highest BCUT2D eigenvalue weighted by molar-refractivity contribution is 14.1. The molecule has 3 unspecified atom stereocenters. The molecular formula is C13H18IN. The van der Waals surface area contributed by atoms with Crippen molar-refractivity contribution in [2.24, 2.45) is 5.92 Å². The second kappa shape index (κ2) is 4.83. The van der Waals surface area contributed by atoms with Crippen LogP contribution in [0.15, 0.2) is 24.3 Å². The van der Waals surface area contributed by atoms with Gasteiger partial charge in [-0.1, -0.05) is 32.0 Å². The summed E-state index contributed by atoms with van der Waals surface area (Å²) in [4.78, 5) is 0. The molecule has 1 aliphatic carbocycles. The number of hydrogen-bond donors (Lipinski definition) is 1. The Balaban J connectivity index is 2.06. The molecule has 1 fully saturated rings. The fourth-order valence-corrected chi connectivity index (χ4v) is 3.29. The van der Waals surface area contributed by atoms with Crippen molar-refractivity contribution in [1.29, 1.82) is 0 Å². The van der Waals surface area contributed by atoms with Crippen LogP contribution in [-0.2, 0) is 0 Å². The van der Waals surface area contributed by atoms with Crippen molar-refractivity contribution in [3.63, 3.8) is 0 Å². The molecule has 0 saturated heterocycles. The average molecular weight is 315 g/mol. The molecular weight excluding hydrogens is 297 g/mol. The lowest BCUT2D eigenvalue weighted by Gasteiger charge is -2.44. The van der Waals surface area contributed by atoms with Gasteiger partial charge in [0.25, 0.3) is 0 Å². The minimum Gasteiger partial charge on any atom is -0.314 e. The topological polar surface area (TPSA) is 12.0 Å². The fraction of sp³-hybridized carbons (Fsp3) is 0.538. The summed E-state index contributed by atoms with van der Waals surface area (Å²) in [6.07, 6.45) is 1.30. The van der Waals surface area contributed by atoms with E-state index < -0.39 is 0 Å². The lowest BCUT2D eigenvalue weighted by molar-refractivity contribution is 0.186. The standard InChI is InChI=1S/C13H18IN/c1-3-15-13-8-11(9(13)2)10-6-4-5-7-12(10)14/h4-7,9,11,13,15H,3,8H2,1-2H3. The summed E-state index contributed by atoms with van der Waals surface area (Å²) in [5.74, 6) is 1.54. The van der Waals surface area contributed by atoms with E-state index in [0.717, 1.165) is 24.4 Å². The van der Waals surface area contributed by atoms with Crippen LogP contribution in [0.3, 0.4) is 0 Å². The molecule has 0 heterocycles. The van der Waals surface area contributed by atoms with Crippen LogP contribution in [0.2, 0.25) is 0 Å².